The van der Waals surface area contributed by atoms with Crippen LogP contribution in [-0.2, 0) is 9.53 Å². The first-order valence-electron chi connectivity index (χ1n) is 7.96. The molecule has 23 heavy (non-hydrogen) atoms. The van der Waals surface area contributed by atoms with Crippen LogP contribution in [0.5, 0.6) is 0 Å². The smallest absolute Gasteiger partial charge is 0.227 e. The average molecular weight is 357 g/mol. The monoisotopic (exact) mass is 356 g/mol. The van der Waals surface area contributed by atoms with E-state index >= 15 is 0 Å². The Hall–Kier alpha value is -0.810. The van der Waals surface area contributed by atoms with Crippen LogP contribution in [0.1, 0.15) is 30.7 Å². The van der Waals surface area contributed by atoms with Gasteiger partial charge in [0.25, 0.3) is 0 Å². The molecule has 2 bridgehead atoms. The van der Waals surface area contributed by atoms with Crippen LogP contribution >= 0.6 is 23.2 Å². The van der Waals surface area contributed by atoms with Crippen molar-refractivity contribution in [3.63, 3.8) is 0 Å². The number of carbonyl (C=O) groups is 1. The minimum absolute atomic E-state index is 0.0557. The fourth-order valence-corrected chi connectivity index (χ4v) is 4.48. The number of ether oxygens (including phenoxy) is 1. The molecule has 2 fully saturated rings. The minimum atomic E-state index is -0.0915. The first-order chi connectivity index (χ1) is 11.0. The van der Waals surface area contributed by atoms with Crippen LogP contribution in [0.4, 0.5) is 0 Å². The maximum Gasteiger partial charge on any atom is 0.227 e. The van der Waals surface area contributed by atoms with Gasteiger partial charge in [0.15, 0.2) is 0 Å². The maximum absolute atomic E-state index is 12.7. The van der Waals surface area contributed by atoms with Gasteiger partial charge >= 0.3 is 0 Å². The summed E-state index contributed by atoms with van der Waals surface area (Å²) in [6.07, 6.45) is 3.17. The highest BCUT2D eigenvalue weighted by Gasteiger charge is 2.48. The lowest BCUT2D eigenvalue weighted by Gasteiger charge is -2.42. The van der Waals surface area contributed by atoms with Gasteiger partial charge in [0.05, 0.1) is 16.0 Å². The summed E-state index contributed by atoms with van der Waals surface area (Å²) in [5.74, 6) is 0.126. The standard InChI is InChI=1S/C17H22Cl2N2O2/c1-21-11-4-6-15(21)16(17(22)20-9-23-2)12(8-11)10-3-5-13(18)14(19)7-10/h3,5,7,11-12,15-16H,4,6,8-9H2,1-2H3,(H,20,22)/t11-,12-,15+,16-/m0/s1. The third-order valence-electron chi connectivity index (χ3n) is 5.33. The molecule has 126 valence electrons. The maximum atomic E-state index is 12.7. The summed E-state index contributed by atoms with van der Waals surface area (Å²) in [5, 5.41) is 3.98. The first-order valence-corrected chi connectivity index (χ1v) is 8.72. The summed E-state index contributed by atoms with van der Waals surface area (Å²) in [6.45, 7) is 0.239. The van der Waals surface area contributed by atoms with E-state index in [2.05, 4.69) is 17.3 Å². The van der Waals surface area contributed by atoms with E-state index in [9.17, 15) is 4.79 Å². The Morgan fingerprint density at radius 3 is 2.83 bits per heavy atom. The predicted molar refractivity (Wildman–Crippen MR) is 91.9 cm³/mol. The van der Waals surface area contributed by atoms with Crippen molar-refractivity contribution in [2.24, 2.45) is 5.92 Å². The topological polar surface area (TPSA) is 41.6 Å². The molecule has 1 N–H and O–H groups in total. The van der Waals surface area contributed by atoms with Crippen LogP contribution in [0.2, 0.25) is 10.0 Å². The number of nitrogens with one attached hydrogen (secondary N) is 1. The molecule has 1 aromatic carbocycles. The van der Waals surface area contributed by atoms with Gasteiger partial charge in [0, 0.05) is 19.2 Å². The van der Waals surface area contributed by atoms with Gasteiger partial charge in [-0.25, -0.2) is 0 Å². The Labute approximate surface area is 147 Å². The van der Waals surface area contributed by atoms with E-state index in [1.807, 2.05) is 18.2 Å². The summed E-state index contributed by atoms with van der Waals surface area (Å²) in [4.78, 5) is 15.1. The van der Waals surface area contributed by atoms with Gasteiger partial charge in [-0.2, -0.15) is 0 Å². The zero-order chi connectivity index (χ0) is 16.6. The zero-order valence-electron chi connectivity index (χ0n) is 13.4. The zero-order valence-corrected chi connectivity index (χ0v) is 14.9. The molecule has 4 nitrogen and oxygen atoms in total. The van der Waals surface area contributed by atoms with Crippen molar-refractivity contribution in [2.45, 2.75) is 37.3 Å². The van der Waals surface area contributed by atoms with E-state index < -0.39 is 0 Å². The van der Waals surface area contributed by atoms with Gasteiger partial charge in [0.1, 0.15) is 6.73 Å². The van der Waals surface area contributed by atoms with Gasteiger partial charge in [-0.15, -0.1) is 0 Å². The van der Waals surface area contributed by atoms with Crippen LogP contribution in [0.15, 0.2) is 18.2 Å². The molecule has 2 heterocycles. The van der Waals surface area contributed by atoms with E-state index in [-0.39, 0.29) is 30.5 Å². The summed E-state index contributed by atoms with van der Waals surface area (Å²) in [7, 11) is 3.71. The van der Waals surface area contributed by atoms with E-state index in [4.69, 9.17) is 27.9 Å². The van der Waals surface area contributed by atoms with Crippen LogP contribution in [0.25, 0.3) is 0 Å². The Balaban J connectivity index is 1.92. The van der Waals surface area contributed by atoms with Crippen LogP contribution in [-0.4, -0.2) is 43.8 Å². The molecule has 1 amide bonds. The van der Waals surface area contributed by atoms with E-state index in [1.165, 1.54) is 0 Å². The second-order valence-corrected chi connectivity index (χ2v) is 7.29. The molecule has 0 saturated carbocycles. The number of piperidine rings is 1. The number of hydrogen-bond donors (Lipinski definition) is 1. The SMILES string of the molecule is COCNC(=O)[C@@H]1[C@H]2CC[C@@H](C[C@H]1c1ccc(Cl)c(Cl)c1)N2C. The molecule has 0 aromatic heterocycles. The predicted octanol–water partition coefficient (Wildman–Crippen LogP) is 3.28. The number of halogens is 2. The van der Waals surface area contributed by atoms with Gasteiger partial charge in [-0.05, 0) is 49.9 Å². The molecule has 2 aliphatic heterocycles. The Kier molecular flexibility index (Phi) is 5.16. The van der Waals surface area contributed by atoms with E-state index in [0.29, 0.717) is 16.1 Å². The average Bonchev–Trinajstić information content (AvgIpc) is 2.77. The number of carbonyl (C=O) groups excluding carboxylic acids is 1. The molecule has 2 saturated heterocycles. The molecular formula is C17H22Cl2N2O2. The van der Waals surface area contributed by atoms with E-state index in [1.54, 1.807) is 7.11 Å². The quantitative estimate of drug-likeness (QED) is 0.841. The lowest BCUT2D eigenvalue weighted by molar-refractivity contribution is -0.130. The number of nitrogens with zero attached hydrogens (tertiary/aromatic N) is 1. The second-order valence-electron chi connectivity index (χ2n) is 6.48. The fourth-order valence-electron chi connectivity index (χ4n) is 4.17. The third kappa shape index (κ3) is 3.22. The fraction of sp³-hybridized carbons (Fsp3) is 0.588. The highest BCUT2D eigenvalue weighted by Crippen LogP contribution is 2.46. The van der Waals surface area contributed by atoms with Crippen LogP contribution < -0.4 is 5.32 Å². The van der Waals surface area contributed by atoms with Crippen LogP contribution in [0, 0.1) is 5.92 Å². The molecule has 0 unspecified atom stereocenters. The Morgan fingerprint density at radius 2 is 2.13 bits per heavy atom. The number of hydrogen-bond acceptors (Lipinski definition) is 3. The van der Waals surface area contributed by atoms with Crippen molar-refractivity contribution < 1.29 is 9.53 Å². The van der Waals surface area contributed by atoms with E-state index in [0.717, 1.165) is 24.8 Å². The molecule has 0 radical (unpaired) electrons. The molecule has 4 atom stereocenters. The number of amides is 1. The van der Waals surface area contributed by atoms with Crippen LogP contribution in [0.3, 0.4) is 0 Å². The number of methoxy groups -OCH3 is 1. The summed E-state index contributed by atoms with van der Waals surface area (Å²) >= 11 is 12.2. The van der Waals surface area contributed by atoms with Crippen molar-refractivity contribution in [3.8, 4) is 0 Å². The van der Waals surface area contributed by atoms with Crippen molar-refractivity contribution in [3.05, 3.63) is 33.8 Å². The largest absolute Gasteiger partial charge is 0.364 e. The first kappa shape index (κ1) is 17.0. The number of benzene rings is 1. The minimum Gasteiger partial charge on any atom is -0.364 e. The highest BCUT2D eigenvalue weighted by molar-refractivity contribution is 6.42. The summed E-state index contributed by atoms with van der Waals surface area (Å²) < 4.78 is 5.00. The molecule has 0 spiro atoms. The molecule has 3 rings (SSSR count). The lowest BCUT2D eigenvalue weighted by atomic mass is 9.75. The molecular weight excluding hydrogens is 335 g/mol. The van der Waals surface area contributed by atoms with Gasteiger partial charge in [0.2, 0.25) is 5.91 Å². The summed E-state index contributed by atoms with van der Waals surface area (Å²) in [6, 6.07) is 6.54. The number of rotatable bonds is 4. The Bertz CT molecular complexity index is 596. The van der Waals surface area contributed by atoms with Gasteiger partial charge in [-0.1, -0.05) is 29.3 Å². The second kappa shape index (κ2) is 6.98. The molecule has 1 aromatic rings. The molecule has 6 heteroatoms. The summed E-state index contributed by atoms with van der Waals surface area (Å²) in [5.41, 5.74) is 1.10. The van der Waals surface area contributed by atoms with Crippen molar-refractivity contribution in [2.75, 3.05) is 20.9 Å². The molecule has 0 aliphatic carbocycles. The van der Waals surface area contributed by atoms with Crippen molar-refractivity contribution in [1.29, 1.82) is 0 Å². The Morgan fingerprint density at radius 1 is 1.35 bits per heavy atom. The van der Waals surface area contributed by atoms with Crippen molar-refractivity contribution >= 4 is 29.1 Å². The van der Waals surface area contributed by atoms with Gasteiger partial charge in [-0.3, -0.25) is 9.69 Å². The third-order valence-corrected chi connectivity index (χ3v) is 6.07. The number of fused-ring (bicyclic) bond motifs is 2. The lowest BCUT2D eigenvalue weighted by Crippen LogP contribution is -2.51. The molecule has 2 aliphatic rings. The normalized spacial score (nSPS) is 30.4. The van der Waals surface area contributed by atoms with Crippen molar-refractivity contribution in [1.82, 2.24) is 10.2 Å². The van der Waals surface area contributed by atoms with Gasteiger partial charge < -0.3 is 10.1 Å². The highest BCUT2D eigenvalue weighted by atomic mass is 35.5.